The number of benzene rings is 2. The molecule has 3 aromatic rings. The normalized spacial score (nSPS) is 12.6. The van der Waals surface area contributed by atoms with Crippen molar-refractivity contribution >= 4 is 23.4 Å². The van der Waals surface area contributed by atoms with Crippen molar-refractivity contribution in [3.8, 4) is 23.1 Å². The summed E-state index contributed by atoms with van der Waals surface area (Å²) in [6, 6.07) is 16.1. The standard InChI is InChI=1S/C22H18N4O4S/c1-29-17-9-5-14(6-10-17)19-18(11-23)20(27)26-12-25(13-31-22(26)24-19)16-7-3-15(4-8-16)21(28)30-2/h3-10H,12-13H2,1-2H3. The van der Waals surface area contributed by atoms with E-state index < -0.39 is 5.97 Å². The molecule has 0 N–H and O–H groups in total. The SMILES string of the molecule is COC(=O)c1ccc(N2CSc3nc(-c4ccc(OC)cc4)c(C#N)c(=O)n3C2)cc1. The minimum Gasteiger partial charge on any atom is -0.497 e. The summed E-state index contributed by atoms with van der Waals surface area (Å²) in [5.74, 6) is 0.841. The number of anilines is 1. The van der Waals surface area contributed by atoms with Crippen molar-refractivity contribution in [1.82, 2.24) is 9.55 Å². The Hall–Kier alpha value is -3.77. The predicted octanol–water partition coefficient (Wildman–Crippen LogP) is 3.10. The quantitative estimate of drug-likeness (QED) is 0.456. The summed E-state index contributed by atoms with van der Waals surface area (Å²) in [6.45, 7) is 0.253. The van der Waals surface area contributed by atoms with Crippen molar-refractivity contribution in [1.29, 1.82) is 5.26 Å². The van der Waals surface area contributed by atoms with Gasteiger partial charge in [-0.25, -0.2) is 9.78 Å². The molecule has 1 aliphatic heterocycles. The minimum atomic E-state index is -0.407. The molecule has 1 aromatic heterocycles. The van der Waals surface area contributed by atoms with Crippen LogP contribution in [0.4, 0.5) is 5.69 Å². The summed E-state index contributed by atoms with van der Waals surface area (Å²) >= 11 is 1.41. The molecule has 0 unspecified atom stereocenters. The van der Waals surface area contributed by atoms with Gasteiger partial charge in [-0.2, -0.15) is 5.26 Å². The predicted molar refractivity (Wildman–Crippen MR) is 116 cm³/mol. The zero-order valence-corrected chi connectivity index (χ0v) is 17.7. The number of carbonyl (C=O) groups excluding carboxylic acids is 1. The molecule has 0 saturated carbocycles. The first-order valence-corrected chi connectivity index (χ1v) is 10.3. The third-order valence-electron chi connectivity index (χ3n) is 4.92. The molecule has 2 aromatic carbocycles. The fraction of sp³-hybridized carbons (Fsp3) is 0.182. The molecule has 0 radical (unpaired) electrons. The fourth-order valence-electron chi connectivity index (χ4n) is 3.26. The number of thioether (sulfide) groups is 1. The third kappa shape index (κ3) is 3.85. The Balaban J connectivity index is 1.68. The second-order valence-corrected chi connectivity index (χ2v) is 7.60. The molecule has 0 spiro atoms. The molecule has 2 heterocycles. The van der Waals surface area contributed by atoms with Crippen LogP contribution in [0.15, 0.2) is 58.5 Å². The maximum Gasteiger partial charge on any atom is 0.337 e. The number of methoxy groups -OCH3 is 2. The summed E-state index contributed by atoms with van der Waals surface area (Å²) in [5, 5.41) is 10.2. The number of fused-ring (bicyclic) bond motifs is 1. The van der Waals surface area contributed by atoms with Crippen LogP contribution < -0.4 is 15.2 Å². The highest BCUT2D eigenvalue weighted by Gasteiger charge is 2.24. The number of ether oxygens (including phenoxy) is 2. The Morgan fingerprint density at radius 1 is 1.13 bits per heavy atom. The summed E-state index contributed by atoms with van der Waals surface area (Å²) in [6.07, 6.45) is 0. The van der Waals surface area contributed by atoms with Gasteiger partial charge in [0.1, 0.15) is 24.1 Å². The van der Waals surface area contributed by atoms with Crippen LogP contribution >= 0.6 is 11.8 Å². The number of carbonyl (C=O) groups is 1. The summed E-state index contributed by atoms with van der Waals surface area (Å²) in [5.41, 5.74) is 1.95. The van der Waals surface area contributed by atoms with Crippen molar-refractivity contribution in [3.05, 3.63) is 70.0 Å². The van der Waals surface area contributed by atoms with Crippen LogP contribution in [-0.4, -0.2) is 35.6 Å². The Labute approximate surface area is 182 Å². The Morgan fingerprint density at radius 2 is 1.84 bits per heavy atom. The molecular weight excluding hydrogens is 416 g/mol. The molecule has 0 saturated heterocycles. The van der Waals surface area contributed by atoms with Crippen LogP contribution in [0.1, 0.15) is 15.9 Å². The molecule has 0 fully saturated rings. The van der Waals surface area contributed by atoms with Crippen molar-refractivity contribution in [2.75, 3.05) is 25.0 Å². The number of esters is 1. The minimum absolute atomic E-state index is 0.00240. The van der Waals surface area contributed by atoms with Gasteiger partial charge in [0, 0.05) is 11.3 Å². The molecule has 31 heavy (non-hydrogen) atoms. The van der Waals surface area contributed by atoms with E-state index in [2.05, 4.69) is 4.98 Å². The van der Waals surface area contributed by atoms with E-state index in [9.17, 15) is 14.9 Å². The van der Waals surface area contributed by atoms with Gasteiger partial charge in [0.2, 0.25) is 0 Å². The highest BCUT2D eigenvalue weighted by atomic mass is 32.2. The zero-order chi connectivity index (χ0) is 22.0. The van der Waals surface area contributed by atoms with E-state index in [-0.39, 0.29) is 17.8 Å². The molecule has 0 atom stereocenters. The van der Waals surface area contributed by atoms with E-state index >= 15 is 0 Å². The number of aromatic nitrogens is 2. The van der Waals surface area contributed by atoms with Crippen LogP contribution in [0.3, 0.4) is 0 Å². The number of nitriles is 1. The van der Waals surface area contributed by atoms with Gasteiger partial charge in [-0.1, -0.05) is 11.8 Å². The topological polar surface area (TPSA) is 97.4 Å². The average Bonchev–Trinajstić information content (AvgIpc) is 2.83. The molecule has 0 bridgehead atoms. The number of rotatable bonds is 4. The van der Waals surface area contributed by atoms with Crippen molar-refractivity contribution in [2.24, 2.45) is 0 Å². The maximum atomic E-state index is 13.1. The second kappa shape index (κ2) is 8.53. The summed E-state index contributed by atoms with van der Waals surface area (Å²) in [4.78, 5) is 31.3. The Morgan fingerprint density at radius 3 is 2.45 bits per heavy atom. The lowest BCUT2D eigenvalue weighted by Crippen LogP contribution is -2.38. The van der Waals surface area contributed by atoms with Crippen LogP contribution in [-0.2, 0) is 11.4 Å². The van der Waals surface area contributed by atoms with Gasteiger partial charge in [-0.15, -0.1) is 0 Å². The fourth-order valence-corrected chi connectivity index (χ4v) is 4.21. The average molecular weight is 434 g/mol. The highest BCUT2D eigenvalue weighted by molar-refractivity contribution is 7.99. The van der Waals surface area contributed by atoms with Crippen molar-refractivity contribution < 1.29 is 14.3 Å². The van der Waals surface area contributed by atoms with Crippen molar-refractivity contribution in [3.63, 3.8) is 0 Å². The van der Waals surface area contributed by atoms with Crippen LogP contribution in [0.25, 0.3) is 11.3 Å². The van der Waals surface area contributed by atoms with Crippen LogP contribution in [0.5, 0.6) is 5.75 Å². The third-order valence-corrected chi connectivity index (χ3v) is 5.94. The van der Waals surface area contributed by atoms with Gasteiger partial charge in [0.15, 0.2) is 5.16 Å². The van der Waals surface area contributed by atoms with Crippen molar-refractivity contribution in [2.45, 2.75) is 11.8 Å². The lowest BCUT2D eigenvalue weighted by molar-refractivity contribution is 0.0600. The van der Waals surface area contributed by atoms with E-state index in [0.29, 0.717) is 33.6 Å². The lowest BCUT2D eigenvalue weighted by atomic mass is 10.1. The maximum absolute atomic E-state index is 13.1. The highest BCUT2D eigenvalue weighted by Crippen LogP contribution is 2.30. The van der Waals surface area contributed by atoms with E-state index in [4.69, 9.17) is 9.47 Å². The van der Waals surface area contributed by atoms with Gasteiger partial charge in [0.25, 0.3) is 5.56 Å². The van der Waals surface area contributed by atoms with Gasteiger partial charge in [-0.3, -0.25) is 9.36 Å². The molecular formula is C22H18N4O4S. The Kier molecular flexibility index (Phi) is 5.64. The van der Waals surface area contributed by atoms with E-state index in [1.165, 1.54) is 23.4 Å². The first kappa shape index (κ1) is 20.5. The summed E-state index contributed by atoms with van der Waals surface area (Å²) < 4.78 is 11.4. The molecule has 0 aliphatic carbocycles. The molecule has 4 rings (SSSR count). The molecule has 156 valence electrons. The largest absolute Gasteiger partial charge is 0.497 e. The first-order chi connectivity index (χ1) is 15.0. The van der Waals surface area contributed by atoms with Gasteiger partial charge >= 0.3 is 5.97 Å². The summed E-state index contributed by atoms with van der Waals surface area (Å²) in [7, 11) is 2.91. The zero-order valence-electron chi connectivity index (χ0n) is 16.9. The van der Waals surface area contributed by atoms with E-state index in [0.717, 1.165) is 5.69 Å². The lowest BCUT2D eigenvalue weighted by Gasteiger charge is -2.31. The Bertz CT molecular complexity index is 1230. The van der Waals surface area contributed by atoms with Crippen LogP contribution in [0, 0.1) is 11.3 Å². The number of hydrogen-bond acceptors (Lipinski definition) is 8. The molecule has 0 amide bonds. The molecule has 9 heteroatoms. The molecule has 1 aliphatic rings. The smallest absolute Gasteiger partial charge is 0.337 e. The first-order valence-electron chi connectivity index (χ1n) is 9.31. The monoisotopic (exact) mass is 434 g/mol. The van der Waals surface area contributed by atoms with Gasteiger partial charge < -0.3 is 14.4 Å². The van der Waals surface area contributed by atoms with E-state index in [1.54, 1.807) is 55.6 Å². The van der Waals surface area contributed by atoms with Gasteiger partial charge in [-0.05, 0) is 48.5 Å². The van der Waals surface area contributed by atoms with Crippen LogP contribution in [0.2, 0.25) is 0 Å². The molecule has 8 nitrogen and oxygen atoms in total. The van der Waals surface area contributed by atoms with E-state index in [1.807, 2.05) is 11.0 Å². The number of hydrogen-bond donors (Lipinski definition) is 0. The van der Waals surface area contributed by atoms with Gasteiger partial charge in [0.05, 0.1) is 31.4 Å². The second-order valence-electron chi connectivity index (χ2n) is 6.68. The number of nitrogens with zero attached hydrogens (tertiary/aromatic N) is 4.